The summed E-state index contributed by atoms with van der Waals surface area (Å²) in [6.45, 7) is 0.0936. The molecule has 0 fully saturated rings. The standard InChI is InChI=1S/C21H21N5O3/c1-25-13-22-18-10-14(8-9-19(18)25)23-21(27)29-12-15-11-17(24-26(15)2)16-6-4-5-7-20(16)28-3/h4-11,13H,12H2,1-3H3,(H,23,27). The lowest BCUT2D eigenvalue weighted by Crippen LogP contribution is -2.14. The number of hydrogen-bond acceptors (Lipinski definition) is 5. The third-order valence-electron chi connectivity index (χ3n) is 4.68. The number of methoxy groups -OCH3 is 1. The molecular formula is C21H21N5O3. The molecule has 0 aliphatic heterocycles. The summed E-state index contributed by atoms with van der Waals surface area (Å²) in [5.74, 6) is 0.737. The Morgan fingerprint density at radius 1 is 1.14 bits per heavy atom. The Morgan fingerprint density at radius 3 is 2.79 bits per heavy atom. The highest BCUT2D eigenvalue weighted by molar-refractivity contribution is 5.88. The Bertz CT molecular complexity index is 1180. The molecule has 0 aliphatic carbocycles. The van der Waals surface area contributed by atoms with Crippen molar-refractivity contribution in [2.45, 2.75) is 6.61 Å². The molecule has 29 heavy (non-hydrogen) atoms. The monoisotopic (exact) mass is 391 g/mol. The topological polar surface area (TPSA) is 83.2 Å². The van der Waals surface area contributed by atoms with Gasteiger partial charge in [0.05, 0.1) is 35.9 Å². The van der Waals surface area contributed by atoms with Crippen LogP contribution in [0.15, 0.2) is 54.9 Å². The van der Waals surface area contributed by atoms with Crippen LogP contribution < -0.4 is 10.1 Å². The van der Waals surface area contributed by atoms with Crippen molar-refractivity contribution in [3.05, 3.63) is 60.6 Å². The fourth-order valence-electron chi connectivity index (χ4n) is 3.14. The van der Waals surface area contributed by atoms with Crippen molar-refractivity contribution < 1.29 is 14.3 Å². The van der Waals surface area contributed by atoms with Crippen LogP contribution in [0, 0.1) is 0 Å². The third kappa shape index (κ3) is 3.77. The van der Waals surface area contributed by atoms with E-state index in [1.807, 2.05) is 61.1 Å². The van der Waals surface area contributed by atoms with E-state index in [-0.39, 0.29) is 6.61 Å². The molecule has 0 bridgehead atoms. The summed E-state index contributed by atoms with van der Waals surface area (Å²) in [5, 5.41) is 7.23. The van der Waals surface area contributed by atoms with Gasteiger partial charge in [0, 0.05) is 25.3 Å². The van der Waals surface area contributed by atoms with E-state index in [4.69, 9.17) is 9.47 Å². The number of carbonyl (C=O) groups excluding carboxylic acids is 1. The van der Waals surface area contributed by atoms with Gasteiger partial charge in [0.2, 0.25) is 0 Å². The molecule has 0 atom stereocenters. The van der Waals surface area contributed by atoms with Crippen molar-refractivity contribution in [3.63, 3.8) is 0 Å². The van der Waals surface area contributed by atoms with Crippen LogP contribution in [0.25, 0.3) is 22.3 Å². The molecule has 0 unspecified atom stereocenters. The van der Waals surface area contributed by atoms with E-state index in [1.165, 1.54) is 0 Å². The molecule has 2 heterocycles. The molecule has 0 spiro atoms. The smallest absolute Gasteiger partial charge is 0.412 e. The van der Waals surface area contributed by atoms with Crippen LogP contribution in [-0.2, 0) is 25.4 Å². The first-order valence-electron chi connectivity index (χ1n) is 9.06. The number of carbonyl (C=O) groups is 1. The number of imidazole rings is 1. The lowest BCUT2D eigenvalue weighted by molar-refractivity contribution is 0.152. The first kappa shape index (κ1) is 18.5. The van der Waals surface area contributed by atoms with Crippen molar-refractivity contribution in [1.82, 2.24) is 19.3 Å². The molecule has 0 saturated carbocycles. The number of benzene rings is 2. The summed E-state index contributed by atoms with van der Waals surface area (Å²) in [6.07, 6.45) is 1.19. The molecule has 0 radical (unpaired) electrons. The van der Waals surface area contributed by atoms with Crippen LogP contribution >= 0.6 is 0 Å². The van der Waals surface area contributed by atoms with Crippen molar-refractivity contribution in [2.75, 3.05) is 12.4 Å². The van der Waals surface area contributed by atoms with Crippen molar-refractivity contribution in [2.24, 2.45) is 14.1 Å². The van der Waals surface area contributed by atoms with E-state index in [1.54, 1.807) is 24.2 Å². The summed E-state index contributed by atoms with van der Waals surface area (Å²) in [5.41, 5.74) is 4.82. The van der Waals surface area contributed by atoms with Gasteiger partial charge in [0.25, 0.3) is 0 Å². The Hall–Kier alpha value is -3.81. The highest BCUT2D eigenvalue weighted by Crippen LogP contribution is 2.29. The van der Waals surface area contributed by atoms with Gasteiger partial charge in [-0.25, -0.2) is 9.78 Å². The molecule has 1 amide bonds. The van der Waals surface area contributed by atoms with E-state index in [0.29, 0.717) is 5.69 Å². The number of amides is 1. The zero-order chi connectivity index (χ0) is 20.4. The van der Waals surface area contributed by atoms with E-state index in [9.17, 15) is 4.79 Å². The fourth-order valence-corrected chi connectivity index (χ4v) is 3.14. The lowest BCUT2D eigenvalue weighted by atomic mass is 10.1. The number of nitrogens with one attached hydrogen (secondary N) is 1. The largest absolute Gasteiger partial charge is 0.496 e. The van der Waals surface area contributed by atoms with E-state index in [2.05, 4.69) is 15.4 Å². The van der Waals surface area contributed by atoms with Gasteiger partial charge < -0.3 is 14.0 Å². The summed E-state index contributed by atoms with van der Waals surface area (Å²) in [7, 11) is 5.35. The van der Waals surface area contributed by atoms with Crippen LogP contribution in [0.1, 0.15) is 5.69 Å². The van der Waals surface area contributed by atoms with E-state index in [0.717, 1.165) is 33.7 Å². The Kier molecular flexibility index (Phi) is 4.90. The summed E-state index contributed by atoms with van der Waals surface area (Å²) in [4.78, 5) is 16.5. The quantitative estimate of drug-likeness (QED) is 0.560. The summed E-state index contributed by atoms with van der Waals surface area (Å²) >= 11 is 0. The second-order valence-corrected chi connectivity index (χ2v) is 6.60. The van der Waals surface area contributed by atoms with Gasteiger partial charge in [-0.1, -0.05) is 12.1 Å². The van der Waals surface area contributed by atoms with Crippen molar-refractivity contribution in [1.29, 1.82) is 0 Å². The molecule has 0 saturated heterocycles. The Labute approximate surface area is 167 Å². The number of nitrogens with zero attached hydrogens (tertiary/aromatic N) is 4. The highest BCUT2D eigenvalue weighted by Gasteiger charge is 2.13. The normalized spacial score (nSPS) is 10.9. The molecule has 8 nitrogen and oxygen atoms in total. The molecule has 1 N–H and O–H groups in total. The molecule has 2 aromatic carbocycles. The molecule has 0 aliphatic rings. The first-order chi connectivity index (χ1) is 14.0. The van der Waals surface area contributed by atoms with Gasteiger partial charge in [0.15, 0.2) is 0 Å². The van der Waals surface area contributed by atoms with Crippen LogP contribution in [0.2, 0.25) is 0 Å². The molecule has 8 heteroatoms. The minimum absolute atomic E-state index is 0.0936. The zero-order valence-electron chi connectivity index (χ0n) is 16.4. The number of anilines is 1. The maximum atomic E-state index is 12.2. The Morgan fingerprint density at radius 2 is 1.97 bits per heavy atom. The average molecular weight is 391 g/mol. The average Bonchev–Trinajstić information content (AvgIpc) is 3.28. The summed E-state index contributed by atoms with van der Waals surface area (Å²) in [6, 6.07) is 15.0. The van der Waals surface area contributed by atoms with Crippen molar-refractivity contribution >= 4 is 22.8 Å². The number of hydrogen-bond donors (Lipinski definition) is 1. The highest BCUT2D eigenvalue weighted by atomic mass is 16.5. The number of para-hydroxylation sites is 1. The molecule has 2 aromatic heterocycles. The minimum atomic E-state index is -0.541. The fraction of sp³-hybridized carbons (Fsp3) is 0.190. The van der Waals surface area contributed by atoms with Crippen LogP contribution in [0.4, 0.5) is 10.5 Å². The van der Waals surface area contributed by atoms with Gasteiger partial charge in [-0.05, 0) is 36.4 Å². The SMILES string of the molecule is COc1ccccc1-c1cc(COC(=O)Nc2ccc3c(c2)ncn3C)n(C)n1. The van der Waals surface area contributed by atoms with Crippen LogP contribution in [-0.4, -0.2) is 32.5 Å². The van der Waals surface area contributed by atoms with Gasteiger partial charge >= 0.3 is 6.09 Å². The second kappa shape index (κ2) is 7.67. The number of fused-ring (bicyclic) bond motifs is 1. The first-order valence-corrected chi connectivity index (χ1v) is 9.06. The van der Waals surface area contributed by atoms with Crippen LogP contribution in [0.3, 0.4) is 0 Å². The maximum Gasteiger partial charge on any atom is 0.412 e. The minimum Gasteiger partial charge on any atom is -0.496 e. The predicted octanol–water partition coefficient (Wildman–Crippen LogP) is 3.73. The predicted molar refractivity (Wildman–Crippen MR) is 110 cm³/mol. The van der Waals surface area contributed by atoms with Gasteiger partial charge in [-0.3, -0.25) is 10.00 Å². The van der Waals surface area contributed by atoms with E-state index < -0.39 is 6.09 Å². The van der Waals surface area contributed by atoms with Crippen LogP contribution in [0.5, 0.6) is 5.75 Å². The number of aromatic nitrogens is 4. The molecule has 4 rings (SSSR count). The molecule has 148 valence electrons. The number of aryl methyl sites for hydroxylation is 2. The Balaban J connectivity index is 1.43. The summed E-state index contributed by atoms with van der Waals surface area (Å²) < 4.78 is 14.4. The van der Waals surface area contributed by atoms with Gasteiger partial charge in [-0.15, -0.1) is 0 Å². The molecule has 4 aromatic rings. The number of rotatable bonds is 5. The zero-order valence-corrected chi connectivity index (χ0v) is 16.4. The van der Waals surface area contributed by atoms with E-state index >= 15 is 0 Å². The maximum absolute atomic E-state index is 12.2. The lowest BCUT2D eigenvalue weighted by Gasteiger charge is -2.07. The molecular weight excluding hydrogens is 370 g/mol. The van der Waals surface area contributed by atoms with Gasteiger partial charge in [0.1, 0.15) is 12.4 Å². The second-order valence-electron chi connectivity index (χ2n) is 6.60. The third-order valence-corrected chi connectivity index (χ3v) is 4.68. The number of ether oxygens (including phenoxy) is 2. The van der Waals surface area contributed by atoms with Crippen molar-refractivity contribution in [3.8, 4) is 17.0 Å². The van der Waals surface area contributed by atoms with Gasteiger partial charge in [-0.2, -0.15) is 5.10 Å².